The van der Waals surface area contributed by atoms with Crippen molar-refractivity contribution >= 4 is 27.7 Å². The molecule has 4 heteroatoms. The van der Waals surface area contributed by atoms with E-state index in [4.69, 9.17) is 0 Å². The zero-order chi connectivity index (χ0) is 10.8. The molecule has 1 nitrogen and oxygen atoms in total. The van der Waals surface area contributed by atoms with Crippen LogP contribution in [0.15, 0.2) is 22.7 Å². The molecule has 1 aliphatic heterocycles. The smallest absolute Gasteiger partial charge is 0.124 e. The van der Waals surface area contributed by atoms with E-state index < -0.39 is 0 Å². The number of rotatable bonds is 1. The predicted molar refractivity (Wildman–Crippen MR) is 66.8 cm³/mol. The maximum Gasteiger partial charge on any atom is 0.124 e. The first kappa shape index (κ1) is 11.4. The Labute approximate surface area is 102 Å². The van der Waals surface area contributed by atoms with Gasteiger partial charge in [-0.1, -0.05) is 28.9 Å². The normalized spacial score (nSPS) is 26.6. The molecule has 2 unspecified atom stereocenters. The van der Waals surface area contributed by atoms with Crippen LogP contribution >= 0.6 is 27.7 Å². The van der Waals surface area contributed by atoms with Crippen LogP contribution in [0.4, 0.5) is 4.39 Å². The molecule has 1 aromatic carbocycles. The van der Waals surface area contributed by atoms with E-state index in [9.17, 15) is 4.39 Å². The maximum absolute atomic E-state index is 12.9. The highest BCUT2D eigenvalue weighted by Gasteiger charge is 2.21. The first-order valence-corrected chi connectivity index (χ1v) is 6.81. The Morgan fingerprint density at radius 2 is 2.33 bits per heavy atom. The van der Waals surface area contributed by atoms with E-state index in [1.165, 1.54) is 12.1 Å². The van der Waals surface area contributed by atoms with Crippen molar-refractivity contribution in [2.75, 3.05) is 12.3 Å². The Hall–Kier alpha value is -0.0600. The summed E-state index contributed by atoms with van der Waals surface area (Å²) >= 11 is 5.37. The van der Waals surface area contributed by atoms with Gasteiger partial charge in [-0.05, 0) is 17.7 Å². The summed E-state index contributed by atoms with van der Waals surface area (Å²) in [5, 5.41) is 4.14. The van der Waals surface area contributed by atoms with E-state index in [0.717, 1.165) is 22.3 Å². The molecule has 2 atom stereocenters. The number of hydrogen-bond acceptors (Lipinski definition) is 2. The van der Waals surface area contributed by atoms with Gasteiger partial charge in [0.2, 0.25) is 0 Å². The standard InChI is InChI=1S/C11H13BrFNS/c1-7-5-14-11(6-15-7)9-3-2-8(13)4-10(9)12/h2-4,7,11,14H,5-6H2,1H3. The summed E-state index contributed by atoms with van der Waals surface area (Å²) in [5.74, 6) is 0.855. The lowest BCUT2D eigenvalue weighted by atomic mass is 10.1. The summed E-state index contributed by atoms with van der Waals surface area (Å²) in [5.41, 5.74) is 1.15. The molecule has 0 aromatic heterocycles. The van der Waals surface area contributed by atoms with Crippen molar-refractivity contribution in [2.45, 2.75) is 18.2 Å². The van der Waals surface area contributed by atoms with Crippen molar-refractivity contribution in [1.29, 1.82) is 0 Å². The predicted octanol–water partition coefficient (Wildman–Crippen LogP) is 3.35. The van der Waals surface area contributed by atoms with E-state index in [1.807, 2.05) is 17.8 Å². The van der Waals surface area contributed by atoms with Crippen LogP contribution in [0, 0.1) is 5.82 Å². The highest BCUT2D eigenvalue weighted by atomic mass is 79.9. The molecule has 82 valence electrons. The third kappa shape index (κ3) is 2.74. The molecule has 0 bridgehead atoms. The van der Waals surface area contributed by atoms with Crippen LogP contribution in [0.2, 0.25) is 0 Å². The highest BCUT2D eigenvalue weighted by molar-refractivity contribution is 9.10. The van der Waals surface area contributed by atoms with E-state index in [1.54, 1.807) is 0 Å². The Kier molecular flexibility index (Phi) is 3.69. The highest BCUT2D eigenvalue weighted by Crippen LogP contribution is 2.30. The molecule has 1 heterocycles. The van der Waals surface area contributed by atoms with Crippen molar-refractivity contribution in [2.24, 2.45) is 0 Å². The number of nitrogens with one attached hydrogen (secondary N) is 1. The van der Waals surface area contributed by atoms with Gasteiger partial charge in [0.05, 0.1) is 0 Å². The second-order valence-corrected chi connectivity index (χ2v) is 6.10. The number of hydrogen-bond donors (Lipinski definition) is 1. The largest absolute Gasteiger partial charge is 0.308 e. The molecule has 0 spiro atoms. The third-order valence-corrected chi connectivity index (χ3v) is 4.49. The molecule has 1 N–H and O–H groups in total. The fraction of sp³-hybridized carbons (Fsp3) is 0.455. The van der Waals surface area contributed by atoms with Gasteiger partial charge in [0.1, 0.15) is 5.82 Å². The number of benzene rings is 1. The summed E-state index contributed by atoms with van der Waals surface area (Å²) in [6.45, 7) is 3.23. The van der Waals surface area contributed by atoms with Gasteiger partial charge in [-0.2, -0.15) is 11.8 Å². The summed E-state index contributed by atoms with van der Waals surface area (Å²) in [7, 11) is 0. The monoisotopic (exact) mass is 289 g/mol. The molecule has 1 saturated heterocycles. The number of halogens is 2. The summed E-state index contributed by atoms with van der Waals surface area (Å²) < 4.78 is 13.8. The third-order valence-electron chi connectivity index (χ3n) is 2.54. The van der Waals surface area contributed by atoms with E-state index in [-0.39, 0.29) is 5.82 Å². The molecule has 1 aromatic rings. The molecule has 1 aliphatic rings. The van der Waals surface area contributed by atoms with Crippen molar-refractivity contribution in [3.05, 3.63) is 34.1 Å². The first-order chi connectivity index (χ1) is 7.16. The fourth-order valence-corrected chi connectivity index (χ4v) is 3.33. The topological polar surface area (TPSA) is 12.0 Å². The second kappa shape index (κ2) is 4.85. The van der Waals surface area contributed by atoms with Crippen LogP contribution in [-0.4, -0.2) is 17.5 Å². The van der Waals surface area contributed by atoms with Gasteiger partial charge in [-0.3, -0.25) is 0 Å². The van der Waals surface area contributed by atoms with Crippen LogP contribution in [0.3, 0.4) is 0 Å². The van der Waals surface area contributed by atoms with E-state index in [2.05, 4.69) is 28.2 Å². The van der Waals surface area contributed by atoms with Gasteiger partial charge in [-0.25, -0.2) is 4.39 Å². The summed E-state index contributed by atoms with van der Waals surface area (Å²) in [6.07, 6.45) is 0. The van der Waals surface area contributed by atoms with Crippen molar-refractivity contribution < 1.29 is 4.39 Å². The van der Waals surface area contributed by atoms with Crippen molar-refractivity contribution in [3.63, 3.8) is 0 Å². The lowest BCUT2D eigenvalue weighted by molar-refractivity contribution is 0.559. The van der Waals surface area contributed by atoms with Gasteiger partial charge in [0.15, 0.2) is 0 Å². The minimum absolute atomic E-state index is 0.192. The van der Waals surface area contributed by atoms with E-state index >= 15 is 0 Å². The molecule has 15 heavy (non-hydrogen) atoms. The van der Waals surface area contributed by atoms with Gasteiger partial charge in [-0.15, -0.1) is 0 Å². The van der Waals surface area contributed by atoms with E-state index in [0.29, 0.717) is 11.3 Å². The summed E-state index contributed by atoms with van der Waals surface area (Å²) in [4.78, 5) is 0. The van der Waals surface area contributed by atoms with Crippen molar-refractivity contribution in [3.8, 4) is 0 Å². The molecule has 1 fully saturated rings. The van der Waals surface area contributed by atoms with Gasteiger partial charge >= 0.3 is 0 Å². The molecule has 0 saturated carbocycles. The van der Waals surface area contributed by atoms with Gasteiger partial charge in [0.25, 0.3) is 0 Å². The Balaban J connectivity index is 2.15. The first-order valence-electron chi connectivity index (χ1n) is 4.97. The average molecular weight is 290 g/mol. The van der Waals surface area contributed by atoms with Crippen LogP contribution < -0.4 is 5.32 Å². The molecule has 0 amide bonds. The quantitative estimate of drug-likeness (QED) is 0.851. The SMILES string of the molecule is CC1CNC(c2ccc(F)cc2Br)CS1. The molecular weight excluding hydrogens is 277 g/mol. The Morgan fingerprint density at radius 1 is 1.53 bits per heavy atom. The average Bonchev–Trinajstić information content (AvgIpc) is 2.20. The maximum atomic E-state index is 12.9. The Morgan fingerprint density at radius 3 is 2.93 bits per heavy atom. The zero-order valence-electron chi connectivity index (χ0n) is 8.47. The lowest BCUT2D eigenvalue weighted by Crippen LogP contribution is -2.34. The van der Waals surface area contributed by atoms with Gasteiger partial charge < -0.3 is 5.32 Å². The minimum Gasteiger partial charge on any atom is -0.308 e. The van der Waals surface area contributed by atoms with Gasteiger partial charge in [0, 0.05) is 28.1 Å². The molecule has 0 radical (unpaired) electrons. The fourth-order valence-electron chi connectivity index (χ4n) is 1.67. The van der Waals surface area contributed by atoms with Crippen molar-refractivity contribution in [1.82, 2.24) is 5.32 Å². The summed E-state index contributed by atoms with van der Waals surface area (Å²) in [6, 6.07) is 5.24. The van der Waals surface area contributed by atoms with Crippen LogP contribution in [0.5, 0.6) is 0 Å². The lowest BCUT2D eigenvalue weighted by Gasteiger charge is -2.28. The van der Waals surface area contributed by atoms with Crippen LogP contribution in [0.1, 0.15) is 18.5 Å². The zero-order valence-corrected chi connectivity index (χ0v) is 10.9. The molecular formula is C11H13BrFNS. The number of thioether (sulfide) groups is 1. The molecule has 2 rings (SSSR count). The minimum atomic E-state index is -0.192. The molecule has 0 aliphatic carbocycles. The second-order valence-electron chi connectivity index (χ2n) is 3.77. The Bertz CT molecular complexity index is 350. The van der Waals surface area contributed by atoms with Crippen LogP contribution in [-0.2, 0) is 0 Å². The van der Waals surface area contributed by atoms with Crippen LogP contribution in [0.25, 0.3) is 0 Å².